The third-order valence-corrected chi connectivity index (χ3v) is 12.3. The average Bonchev–Trinajstić information content (AvgIpc) is 3.41. The Morgan fingerprint density at radius 1 is 1.08 bits per heavy atom. The highest BCUT2D eigenvalue weighted by molar-refractivity contribution is 7.74. The molecule has 4 saturated carbocycles. The highest BCUT2D eigenvalue weighted by Crippen LogP contribution is 2.87. The Kier molecular flexibility index (Phi) is 6.63. The van der Waals surface area contributed by atoms with E-state index in [-0.39, 0.29) is 22.9 Å². The van der Waals surface area contributed by atoms with Crippen molar-refractivity contribution in [3.63, 3.8) is 0 Å². The first kappa shape index (κ1) is 27.7. The third-order valence-electron chi connectivity index (χ3n) is 12.3. The smallest absolute Gasteiger partial charge is 0.303 e. The van der Waals surface area contributed by atoms with E-state index >= 15 is 4.39 Å². The van der Waals surface area contributed by atoms with Gasteiger partial charge in [0.05, 0.1) is 11.4 Å². The van der Waals surface area contributed by atoms with Crippen LogP contribution >= 0.6 is 13.0 Å². The second-order valence-electron chi connectivity index (χ2n) is 14.6. The first-order chi connectivity index (χ1) is 17.3. The number of halogens is 2. The topological polar surface area (TPSA) is 55.8 Å². The molecule has 9 atom stereocenters. The van der Waals surface area contributed by atoms with Gasteiger partial charge in [0.2, 0.25) is 0 Å². The van der Waals surface area contributed by atoms with Gasteiger partial charge in [0.1, 0.15) is 12.3 Å². The molecule has 5 aliphatic carbocycles. The van der Waals surface area contributed by atoms with Crippen molar-refractivity contribution in [3.05, 3.63) is 11.3 Å². The van der Waals surface area contributed by atoms with Gasteiger partial charge >= 0.3 is 5.97 Å². The fourth-order valence-electron chi connectivity index (χ4n) is 10.7. The Hall–Kier alpha value is -0.820. The zero-order valence-electron chi connectivity index (χ0n) is 23.4. The van der Waals surface area contributed by atoms with E-state index < -0.39 is 17.9 Å². The normalized spacial score (nSPS) is 45.9. The molecule has 0 aromatic rings. The lowest BCUT2D eigenvalue weighted by atomic mass is 9.46. The summed E-state index contributed by atoms with van der Waals surface area (Å²) < 4.78 is 36.4. The van der Waals surface area contributed by atoms with Crippen LogP contribution in [0.3, 0.4) is 0 Å². The lowest BCUT2D eigenvalue weighted by Gasteiger charge is -2.58. The predicted octanol–water partition coefficient (Wildman–Crippen LogP) is 7.30. The molecule has 1 heterocycles. The molecule has 7 heteroatoms. The average molecular weight is 541 g/mol. The van der Waals surface area contributed by atoms with Crippen molar-refractivity contribution < 1.29 is 27.7 Å². The van der Waals surface area contributed by atoms with Gasteiger partial charge in [-0.3, -0.25) is 4.79 Å². The van der Waals surface area contributed by atoms with E-state index in [0.29, 0.717) is 28.6 Å². The van der Waals surface area contributed by atoms with Crippen molar-refractivity contribution in [2.45, 2.75) is 130 Å². The molecular formula is C30H46F2O4S. The van der Waals surface area contributed by atoms with Crippen molar-refractivity contribution in [2.75, 3.05) is 0 Å². The summed E-state index contributed by atoms with van der Waals surface area (Å²) in [6, 6.07) is 0. The number of rotatable bonds is 3. The van der Waals surface area contributed by atoms with Gasteiger partial charge < -0.3 is 14.6 Å². The summed E-state index contributed by atoms with van der Waals surface area (Å²) >= 11 is 2.03. The maximum absolute atomic E-state index is 15.0. The van der Waals surface area contributed by atoms with E-state index in [9.17, 15) is 13.8 Å². The second kappa shape index (κ2) is 8.84. The SMILES string of the molecule is CC(=O)OC(C1CCC2=C(CC3C4CCC5C(C)(C)C(F)CCC56CC46CCC23C)O1)C(C)(C)O.FS. The summed E-state index contributed by atoms with van der Waals surface area (Å²) in [5.74, 6) is 2.57. The summed E-state index contributed by atoms with van der Waals surface area (Å²) in [5.41, 5.74) is 1.12. The first-order valence-electron chi connectivity index (χ1n) is 14.4. The highest BCUT2D eigenvalue weighted by Gasteiger charge is 2.80. The molecule has 4 fully saturated rings. The van der Waals surface area contributed by atoms with Gasteiger partial charge in [-0.15, -0.1) is 0 Å². The van der Waals surface area contributed by atoms with Gasteiger partial charge in [-0.1, -0.05) is 20.8 Å². The van der Waals surface area contributed by atoms with E-state index in [1.165, 1.54) is 44.6 Å². The van der Waals surface area contributed by atoms with Crippen LogP contribution in [0.2, 0.25) is 0 Å². The molecule has 0 aromatic heterocycles. The molecular weight excluding hydrogens is 494 g/mol. The number of fused-ring (bicyclic) bond motifs is 3. The summed E-state index contributed by atoms with van der Waals surface area (Å²) in [6.45, 7) is 11.7. The van der Waals surface area contributed by atoms with Gasteiger partial charge in [0, 0.05) is 26.4 Å². The fourth-order valence-corrected chi connectivity index (χ4v) is 10.7. The number of hydrogen-bond donors (Lipinski definition) is 2. The van der Waals surface area contributed by atoms with Crippen LogP contribution in [0.1, 0.15) is 106 Å². The van der Waals surface area contributed by atoms with Crippen molar-refractivity contribution in [3.8, 4) is 0 Å². The second-order valence-corrected chi connectivity index (χ2v) is 14.6. The number of thiol groups is 1. The molecule has 0 saturated heterocycles. The molecule has 0 radical (unpaired) electrons. The molecule has 37 heavy (non-hydrogen) atoms. The number of carbonyl (C=O) groups is 1. The van der Waals surface area contributed by atoms with E-state index in [4.69, 9.17) is 9.47 Å². The molecule has 0 bridgehead atoms. The zero-order valence-corrected chi connectivity index (χ0v) is 24.3. The van der Waals surface area contributed by atoms with Gasteiger partial charge in [-0.25, -0.2) is 4.39 Å². The standard InChI is InChI=1S/C30H45FO4.FHS/c1-17(32)34-25(27(4,5)33)21-9-7-19-22(35-21)15-20-18-8-10-23-26(2,3)24(31)11-12-30(23)16-29(18,30)14-13-28(19,20)6;1-2/h18,20-21,23-25,33H,7-16H2,1-6H3;2H. The molecule has 1 aliphatic heterocycles. The minimum Gasteiger partial charge on any atom is -0.491 e. The molecule has 0 amide bonds. The lowest BCUT2D eigenvalue weighted by Crippen LogP contribution is -2.53. The van der Waals surface area contributed by atoms with E-state index in [2.05, 4.69) is 20.8 Å². The van der Waals surface area contributed by atoms with Gasteiger partial charge in [-0.2, -0.15) is 3.89 Å². The molecule has 210 valence electrons. The Bertz CT molecular complexity index is 975. The molecule has 9 unspecified atom stereocenters. The fraction of sp³-hybridized carbons (Fsp3) is 0.900. The van der Waals surface area contributed by atoms with Gasteiger partial charge in [0.25, 0.3) is 0 Å². The summed E-state index contributed by atoms with van der Waals surface area (Å²) in [5, 5.41) is 10.7. The maximum atomic E-state index is 15.0. The van der Waals surface area contributed by atoms with Crippen LogP contribution in [0.4, 0.5) is 8.28 Å². The Balaban J connectivity index is 0.00000137. The third kappa shape index (κ3) is 3.78. The molecule has 6 rings (SSSR count). The largest absolute Gasteiger partial charge is 0.491 e. The molecule has 0 aromatic carbocycles. The highest BCUT2D eigenvalue weighted by atomic mass is 32.1. The van der Waals surface area contributed by atoms with Crippen LogP contribution < -0.4 is 0 Å². The maximum Gasteiger partial charge on any atom is 0.303 e. The van der Waals surface area contributed by atoms with Crippen molar-refractivity contribution in [1.82, 2.24) is 0 Å². The van der Waals surface area contributed by atoms with Crippen LogP contribution in [-0.4, -0.2) is 35.1 Å². The predicted molar refractivity (Wildman–Crippen MR) is 142 cm³/mol. The molecule has 2 spiro atoms. The first-order valence-corrected chi connectivity index (χ1v) is 14.7. The van der Waals surface area contributed by atoms with Crippen LogP contribution in [0.5, 0.6) is 0 Å². The van der Waals surface area contributed by atoms with Crippen LogP contribution in [0, 0.1) is 39.4 Å². The minimum atomic E-state index is -1.16. The van der Waals surface area contributed by atoms with Crippen LogP contribution in [-0.2, 0) is 14.3 Å². The zero-order chi connectivity index (χ0) is 27.2. The minimum absolute atomic E-state index is 0.186. The quantitative estimate of drug-likeness (QED) is 0.291. The van der Waals surface area contributed by atoms with E-state index in [1.807, 2.05) is 13.0 Å². The van der Waals surface area contributed by atoms with Crippen molar-refractivity contribution in [2.24, 2.45) is 39.4 Å². The molecule has 4 nitrogen and oxygen atoms in total. The lowest BCUT2D eigenvalue weighted by molar-refractivity contribution is -0.177. The molecule has 6 aliphatic rings. The number of ether oxygens (including phenoxy) is 2. The molecule has 1 N–H and O–H groups in total. The Morgan fingerprint density at radius 2 is 1.78 bits per heavy atom. The summed E-state index contributed by atoms with van der Waals surface area (Å²) in [4.78, 5) is 11.8. The number of carbonyl (C=O) groups excluding carboxylic acids is 1. The Labute approximate surface area is 227 Å². The van der Waals surface area contributed by atoms with Crippen LogP contribution in [0.25, 0.3) is 0 Å². The van der Waals surface area contributed by atoms with Gasteiger partial charge in [-0.05, 0) is 117 Å². The number of alkyl halides is 1. The Morgan fingerprint density at radius 3 is 2.43 bits per heavy atom. The number of hydrogen-bond acceptors (Lipinski definition) is 5. The van der Waals surface area contributed by atoms with Crippen LogP contribution in [0.15, 0.2) is 11.3 Å². The van der Waals surface area contributed by atoms with E-state index in [0.717, 1.165) is 37.9 Å². The number of aliphatic hydroxyl groups is 1. The number of esters is 1. The summed E-state index contributed by atoms with van der Waals surface area (Å²) in [6.07, 6.45) is 9.13. The van der Waals surface area contributed by atoms with Crippen molar-refractivity contribution >= 4 is 19.0 Å². The van der Waals surface area contributed by atoms with E-state index in [1.54, 1.807) is 13.8 Å². The van der Waals surface area contributed by atoms with Crippen molar-refractivity contribution in [1.29, 1.82) is 0 Å². The summed E-state index contributed by atoms with van der Waals surface area (Å²) in [7, 11) is 0. The monoisotopic (exact) mass is 540 g/mol. The van der Waals surface area contributed by atoms with Gasteiger partial charge in [0.15, 0.2) is 6.10 Å². The number of allylic oxidation sites excluding steroid dienone is 2.